The van der Waals surface area contributed by atoms with Crippen LogP contribution in [0.4, 0.5) is 0 Å². The molecule has 4 nitrogen and oxygen atoms in total. The zero-order chi connectivity index (χ0) is 25.1. The van der Waals surface area contributed by atoms with Crippen LogP contribution in [0.1, 0.15) is 155 Å². The summed E-state index contributed by atoms with van der Waals surface area (Å²) in [6.07, 6.45) is 33.5. The first-order valence-corrected chi connectivity index (χ1v) is 14.5. The summed E-state index contributed by atoms with van der Waals surface area (Å²) < 4.78 is 0. The van der Waals surface area contributed by atoms with E-state index in [2.05, 4.69) is 26.0 Å². The first kappa shape index (κ1) is 32.4. The molecule has 0 rings (SSSR count). The van der Waals surface area contributed by atoms with Crippen LogP contribution in [-0.4, -0.2) is 16.7 Å². The lowest BCUT2D eigenvalue weighted by Gasteiger charge is -2.14. The number of carbonyl (C=O) groups excluding carboxylic acids is 2. The number of amides is 2. The van der Waals surface area contributed by atoms with E-state index in [0.29, 0.717) is 25.7 Å². The molecule has 0 heterocycles. The van der Waals surface area contributed by atoms with E-state index >= 15 is 0 Å². The highest BCUT2D eigenvalue weighted by atomic mass is 16.2. The molecule has 0 aromatic heterocycles. The minimum atomic E-state index is -0.292. The second kappa shape index (κ2) is 26.0. The van der Waals surface area contributed by atoms with Crippen LogP contribution >= 0.6 is 0 Å². The molecule has 4 heteroatoms. The maximum Gasteiger partial charge on any atom is 0.230 e. The second-order valence-corrected chi connectivity index (χ2v) is 9.77. The van der Waals surface area contributed by atoms with E-state index in [9.17, 15) is 9.59 Å². The van der Waals surface area contributed by atoms with Gasteiger partial charge >= 0.3 is 0 Å². The summed E-state index contributed by atoms with van der Waals surface area (Å²) in [4.78, 5) is 25.3. The molecule has 0 unspecified atom stereocenters. The fraction of sp³-hybridized carbons (Fsp3) is 0.800. The highest BCUT2D eigenvalue weighted by Crippen LogP contribution is 2.12. The number of allylic oxidation sites excluding steroid dienone is 2. The molecule has 0 aliphatic heterocycles. The van der Waals surface area contributed by atoms with Crippen LogP contribution in [0.3, 0.4) is 0 Å². The molecule has 2 amide bonds. The van der Waals surface area contributed by atoms with Crippen molar-refractivity contribution >= 4 is 11.8 Å². The number of unbranched alkanes of at least 4 members (excludes halogenated alkanes) is 17. The minimum absolute atomic E-state index is 0.101. The fourth-order valence-corrected chi connectivity index (χ4v) is 4.09. The van der Waals surface area contributed by atoms with Crippen molar-refractivity contribution in [3.63, 3.8) is 0 Å². The predicted molar refractivity (Wildman–Crippen MR) is 147 cm³/mol. The highest BCUT2D eigenvalue weighted by molar-refractivity contribution is 5.78. The Labute approximate surface area is 211 Å². The average molecular weight is 477 g/mol. The van der Waals surface area contributed by atoms with Crippen LogP contribution < -0.4 is 5.73 Å². The van der Waals surface area contributed by atoms with Gasteiger partial charge in [-0.1, -0.05) is 116 Å². The topological polar surface area (TPSA) is 63.4 Å². The Morgan fingerprint density at radius 2 is 0.941 bits per heavy atom. The number of nitrogens with zero attached hydrogens (tertiary/aromatic N) is 1. The molecule has 0 bridgehead atoms. The Morgan fingerprint density at radius 1 is 0.559 bits per heavy atom. The van der Waals surface area contributed by atoms with Crippen molar-refractivity contribution in [2.24, 2.45) is 5.73 Å². The van der Waals surface area contributed by atoms with Gasteiger partial charge in [-0.15, -0.1) is 0 Å². The van der Waals surface area contributed by atoms with Gasteiger partial charge in [-0.25, -0.2) is 0 Å². The Balaban J connectivity index is 4.25. The number of carbonyl (C=O) groups is 2. The fourth-order valence-electron chi connectivity index (χ4n) is 4.09. The summed E-state index contributed by atoms with van der Waals surface area (Å²) in [5, 5.41) is 0. The van der Waals surface area contributed by atoms with Crippen LogP contribution in [0.25, 0.3) is 0 Å². The molecule has 0 aliphatic carbocycles. The molecule has 0 atom stereocenters. The first-order chi connectivity index (χ1) is 16.6. The van der Waals surface area contributed by atoms with Gasteiger partial charge in [0, 0.05) is 25.2 Å². The molecule has 0 aliphatic rings. The number of hydrogen-bond acceptors (Lipinski definition) is 2. The molecule has 0 radical (unpaired) electrons. The third kappa shape index (κ3) is 23.6. The van der Waals surface area contributed by atoms with Gasteiger partial charge in [0.05, 0.1) is 0 Å². The zero-order valence-corrected chi connectivity index (χ0v) is 22.7. The van der Waals surface area contributed by atoms with Gasteiger partial charge in [-0.05, 0) is 38.5 Å². The Hall–Kier alpha value is -1.58. The number of nitrogens with two attached hydrogens (primary N) is 1. The molecular weight excluding hydrogens is 420 g/mol. The summed E-state index contributed by atoms with van der Waals surface area (Å²) >= 11 is 0. The molecule has 198 valence electrons. The van der Waals surface area contributed by atoms with E-state index in [4.69, 9.17) is 5.73 Å². The van der Waals surface area contributed by atoms with Crippen molar-refractivity contribution in [2.45, 2.75) is 155 Å². The smallest absolute Gasteiger partial charge is 0.230 e. The molecule has 0 aromatic rings. The van der Waals surface area contributed by atoms with Gasteiger partial charge in [0.1, 0.15) is 0 Å². The standard InChI is InChI=1S/C30H56N2O2/c1-3-5-7-9-11-13-15-17-19-23-27-32(30(34)26-22-21-25-29(31)33)28-24-20-18-16-14-12-10-8-6-4-2/h23-24,27-28H,3-22,25-26H2,1-2H3,(H2,31,33). The number of hydrogen-bond donors (Lipinski definition) is 1. The Kier molecular flexibility index (Phi) is 24.8. The Morgan fingerprint density at radius 3 is 1.35 bits per heavy atom. The van der Waals surface area contributed by atoms with Gasteiger partial charge in [-0.3, -0.25) is 14.5 Å². The third-order valence-corrected chi connectivity index (χ3v) is 6.33. The molecule has 0 saturated heterocycles. The summed E-state index contributed by atoms with van der Waals surface area (Å²) in [5.74, 6) is -0.191. The lowest BCUT2D eigenvalue weighted by atomic mass is 10.1. The SMILES string of the molecule is CCCCCCCCCCC=CN(C=CCCCCCCCCCC)C(=O)CCCCC(N)=O. The van der Waals surface area contributed by atoms with E-state index in [-0.39, 0.29) is 11.8 Å². The van der Waals surface area contributed by atoms with E-state index in [1.165, 1.54) is 103 Å². The van der Waals surface area contributed by atoms with Crippen LogP contribution in [0.2, 0.25) is 0 Å². The molecule has 2 N–H and O–H groups in total. The summed E-state index contributed by atoms with van der Waals surface area (Å²) in [5.41, 5.74) is 5.20. The molecule has 0 aromatic carbocycles. The highest BCUT2D eigenvalue weighted by Gasteiger charge is 2.08. The van der Waals surface area contributed by atoms with Crippen molar-refractivity contribution < 1.29 is 9.59 Å². The van der Waals surface area contributed by atoms with Crippen LogP contribution in [0.5, 0.6) is 0 Å². The average Bonchev–Trinajstić information content (AvgIpc) is 2.82. The Bertz CT molecular complexity index is 498. The van der Waals surface area contributed by atoms with Crippen molar-refractivity contribution in [3.05, 3.63) is 24.6 Å². The lowest BCUT2D eigenvalue weighted by molar-refractivity contribution is -0.127. The van der Waals surface area contributed by atoms with E-state index in [1.807, 2.05) is 12.4 Å². The van der Waals surface area contributed by atoms with Crippen molar-refractivity contribution in [1.82, 2.24) is 4.90 Å². The summed E-state index contributed by atoms with van der Waals surface area (Å²) in [6.45, 7) is 4.51. The van der Waals surface area contributed by atoms with E-state index in [0.717, 1.165) is 12.8 Å². The predicted octanol–water partition coefficient (Wildman–Crippen LogP) is 8.95. The molecule has 0 fully saturated rings. The van der Waals surface area contributed by atoms with Gasteiger partial charge in [-0.2, -0.15) is 0 Å². The quantitative estimate of drug-likeness (QED) is 0.134. The zero-order valence-electron chi connectivity index (χ0n) is 22.7. The summed E-state index contributed by atoms with van der Waals surface area (Å²) in [6, 6.07) is 0. The van der Waals surface area contributed by atoms with E-state index < -0.39 is 0 Å². The maximum atomic E-state index is 12.7. The van der Waals surface area contributed by atoms with Crippen molar-refractivity contribution in [1.29, 1.82) is 0 Å². The third-order valence-electron chi connectivity index (χ3n) is 6.33. The monoisotopic (exact) mass is 476 g/mol. The lowest BCUT2D eigenvalue weighted by Crippen LogP contribution is -2.19. The van der Waals surface area contributed by atoms with E-state index in [1.54, 1.807) is 4.90 Å². The van der Waals surface area contributed by atoms with Gasteiger partial charge < -0.3 is 5.73 Å². The number of primary amides is 1. The van der Waals surface area contributed by atoms with Crippen LogP contribution in [0, 0.1) is 0 Å². The van der Waals surface area contributed by atoms with Gasteiger partial charge in [0.25, 0.3) is 0 Å². The molecule has 0 spiro atoms. The van der Waals surface area contributed by atoms with Crippen molar-refractivity contribution in [2.75, 3.05) is 0 Å². The summed E-state index contributed by atoms with van der Waals surface area (Å²) in [7, 11) is 0. The molecular formula is C30H56N2O2. The maximum absolute atomic E-state index is 12.7. The molecule has 34 heavy (non-hydrogen) atoms. The van der Waals surface area contributed by atoms with Crippen LogP contribution in [0.15, 0.2) is 24.6 Å². The molecule has 0 saturated carbocycles. The number of rotatable bonds is 25. The first-order valence-electron chi connectivity index (χ1n) is 14.5. The van der Waals surface area contributed by atoms with Crippen molar-refractivity contribution in [3.8, 4) is 0 Å². The minimum Gasteiger partial charge on any atom is -0.370 e. The van der Waals surface area contributed by atoms with Gasteiger partial charge in [0.2, 0.25) is 11.8 Å². The largest absolute Gasteiger partial charge is 0.370 e. The second-order valence-electron chi connectivity index (χ2n) is 9.77. The van der Waals surface area contributed by atoms with Crippen LogP contribution in [-0.2, 0) is 9.59 Å². The van der Waals surface area contributed by atoms with Gasteiger partial charge in [0.15, 0.2) is 0 Å². The normalized spacial score (nSPS) is 11.6.